The van der Waals surface area contributed by atoms with Crippen LogP contribution < -0.4 is 10.1 Å². The molecule has 136 valence electrons. The summed E-state index contributed by atoms with van der Waals surface area (Å²) in [4.78, 5) is 0. The lowest BCUT2D eigenvalue weighted by Crippen LogP contribution is -2.16. The van der Waals surface area contributed by atoms with Gasteiger partial charge >= 0.3 is 0 Å². The van der Waals surface area contributed by atoms with Crippen LogP contribution in [0.3, 0.4) is 0 Å². The number of aromatic hydroxyl groups is 1. The van der Waals surface area contributed by atoms with Crippen molar-refractivity contribution < 1.29 is 18.6 Å². The van der Waals surface area contributed by atoms with E-state index in [1.165, 1.54) is 0 Å². The second kappa shape index (κ2) is 8.50. The first-order valence-electron chi connectivity index (χ1n) is 8.10. The van der Waals surface area contributed by atoms with E-state index in [1.807, 2.05) is 13.8 Å². The smallest absolute Gasteiger partial charge is 0.184 e. The van der Waals surface area contributed by atoms with E-state index in [2.05, 4.69) is 5.32 Å². The van der Waals surface area contributed by atoms with Crippen LogP contribution in [0.5, 0.6) is 11.5 Å². The van der Waals surface area contributed by atoms with Gasteiger partial charge in [0, 0.05) is 24.6 Å². The molecule has 2 aromatic carbocycles. The maximum absolute atomic E-state index is 14.4. The highest BCUT2D eigenvalue weighted by molar-refractivity contribution is 6.31. The Kier molecular flexibility index (Phi) is 6.62. The predicted octanol–water partition coefficient (Wildman–Crippen LogP) is 4.64. The molecule has 25 heavy (non-hydrogen) atoms. The topological polar surface area (TPSA) is 41.5 Å². The first-order valence-corrected chi connectivity index (χ1v) is 8.48. The van der Waals surface area contributed by atoms with Crippen LogP contribution in [-0.4, -0.2) is 25.3 Å². The summed E-state index contributed by atoms with van der Waals surface area (Å²) < 4.78 is 34.0. The molecule has 0 fully saturated rings. The van der Waals surface area contributed by atoms with Crippen LogP contribution in [0.2, 0.25) is 5.02 Å². The fourth-order valence-electron chi connectivity index (χ4n) is 2.52. The molecule has 0 spiro atoms. The highest BCUT2D eigenvalue weighted by Crippen LogP contribution is 2.33. The number of benzene rings is 2. The molecule has 2 aromatic rings. The Hall–Kier alpha value is -1.85. The van der Waals surface area contributed by atoms with Gasteiger partial charge in [0.15, 0.2) is 11.6 Å². The van der Waals surface area contributed by atoms with Crippen LogP contribution in [-0.2, 0) is 6.42 Å². The third-order valence-corrected chi connectivity index (χ3v) is 4.32. The molecule has 0 unspecified atom stereocenters. The van der Waals surface area contributed by atoms with E-state index in [0.717, 1.165) is 17.2 Å². The van der Waals surface area contributed by atoms with Crippen LogP contribution in [0.4, 0.5) is 8.78 Å². The molecule has 2 rings (SSSR count). The third-order valence-electron chi connectivity index (χ3n) is 3.92. The quantitative estimate of drug-likeness (QED) is 0.552. The molecule has 0 saturated carbocycles. The summed E-state index contributed by atoms with van der Waals surface area (Å²) in [6.45, 7) is 4.61. The fourth-order valence-corrected chi connectivity index (χ4v) is 2.77. The van der Waals surface area contributed by atoms with E-state index in [0.29, 0.717) is 6.54 Å². The average molecular weight is 370 g/mol. The summed E-state index contributed by atoms with van der Waals surface area (Å²) >= 11 is 6.04. The fraction of sp³-hybridized carbons (Fsp3) is 0.368. The SMILES string of the molecule is CNCCOc1cc(F)c(Cc2ccc(O)c(C(C)C)c2)c(Cl)c1F. The van der Waals surface area contributed by atoms with Gasteiger partial charge in [-0.05, 0) is 30.2 Å². The van der Waals surface area contributed by atoms with E-state index in [9.17, 15) is 13.9 Å². The van der Waals surface area contributed by atoms with E-state index < -0.39 is 11.6 Å². The molecule has 0 aromatic heterocycles. The van der Waals surface area contributed by atoms with Crippen molar-refractivity contribution in [1.82, 2.24) is 5.32 Å². The Morgan fingerprint density at radius 1 is 1.24 bits per heavy atom. The lowest BCUT2D eigenvalue weighted by Gasteiger charge is -2.14. The first kappa shape index (κ1) is 19.5. The summed E-state index contributed by atoms with van der Waals surface area (Å²) in [6, 6.07) is 6.04. The molecular formula is C19H22ClF2NO2. The predicted molar refractivity (Wildman–Crippen MR) is 95.8 cm³/mol. The molecule has 0 bridgehead atoms. The van der Waals surface area contributed by atoms with Gasteiger partial charge in [-0.2, -0.15) is 0 Å². The molecule has 0 atom stereocenters. The van der Waals surface area contributed by atoms with Gasteiger partial charge in [0.2, 0.25) is 0 Å². The van der Waals surface area contributed by atoms with Crippen molar-refractivity contribution in [2.45, 2.75) is 26.2 Å². The molecule has 0 amide bonds. The molecule has 0 aliphatic heterocycles. The Labute approximate surface area is 151 Å². The largest absolute Gasteiger partial charge is 0.508 e. The zero-order valence-corrected chi connectivity index (χ0v) is 15.3. The Morgan fingerprint density at radius 3 is 2.60 bits per heavy atom. The van der Waals surface area contributed by atoms with E-state index in [-0.39, 0.29) is 41.0 Å². The summed E-state index contributed by atoms with van der Waals surface area (Å²) in [5, 5.41) is 12.5. The minimum Gasteiger partial charge on any atom is -0.508 e. The molecule has 3 nitrogen and oxygen atoms in total. The van der Waals surface area contributed by atoms with Gasteiger partial charge in [-0.1, -0.05) is 37.6 Å². The minimum absolute atomic E-state index is 0.0699. The molecule has 0 saturated heterocycles. The number of phenolic OH excluding ortho intramolecular Hbond substituents is 1. The molecule has 6 heteroatoms. The summed E-state index contributed by atoms with van der Waals surface area (Å²) in [7, 11) is 1.74. The number of hydrogen-bond acceptors (Lipinski definition) is 3. The standard InChI is InChI=1S/C19H22ClF2NO2/c1-11(2)13-8-12(4-5-16(13)24)9-14-15(21)10-17(19(22)18(14)20)25-7-6-23-3/h4-5,8,10-11,23-24H,6-7,9H2,1-3H3. The lowest BCUT2D eigenvalue weighted by molar-refractivity contribution is 0.300. The Bertz CT molecular complexity index is 751. The zero-order chi connectivity index (χ0) is 18.6. The molecular weight excluding hydrogens is 348 g/mol. The average Bonchev–Trinajstić information content (AvgIpc) is 2.57. The second-order valence-corrected chi connectivity index (χ2v) is 6.52. The Morgan fingerprint density at radius 2 is 1.96 bits per heavy atom. The van der Waals surface area contributed by atoms with Crippen LogP contribution in [0.1, 0.15) is 36.5 Å². The third kappa shape index (κ3) is 4.61. The van der Waals surface area contributed by atoms with Crippen molar-refractivity contribution in [2.75, 3.05) is 20.2 Å². The molecule has 0 aliphatic carbocycles. The first-order chi connectivity index (χ1) is 11.8. The molecule has 0 radical (unpaired) electrons. The van der Waals surface area contributed by atoms with Gasteiger partial charge in [0.1, 0.15) is 18.2 Å². The van der Waals surface area contributed by atoms with E-state index >= 15 is 0 Å². The van der Waals surface area contributed by atoms with Crippen molar-refractivity contribution in [3.63, 3.8) is 0 Å². The minimum atomic E-state index is -0.767. The monoisotopic (exact) mass is 369 g/mol. The Balaban J connectivity index is 2.31. The number of likely N-dealkylation sites (N-methyl/N-ethyl adjacent to an activating group) is 1. The van der Waals surface area contributed by atoms with Crippen LogP contribution in [0.15, 0.2) is 24.3 Å². The van der Waals surface area contributed by atoms with Crippen LogP contribution >= 0.6 is 11.6 Å². The maximum Gasteiger partial charge on any atom is 0.184 e. The van der Waals surface area contributed by atoms with Crippen LogP contribution in [0.25, 0.3) is 0 Å². The normalized spacial score (nSPS) is 11.2. The number of halogens is 3. The number of nitrogens with one attached hydrogen (secondary N) is 1. The van der Waals surface area contributed by atoms with Gasteiger partial charge in [0.25, 0.3) is 0 Å². The summed E-state index contributed by atoms with van der Waals surface area (Å²) in [5.41, 5.74) is 1.56. The van der Waals surface area contributed by atoms with Gasteiger partial charge < -0.3 is 15.2 Å². The number of ether oxygens (including phenoxy) is 1. The number of rotatable bonds is 7. The number of hydrogen-bond donors (Lipinski definition) is 2. The maximum atomic E-state index is 14.4. The van der Waals surface area contributed by atoms with Crippen molar-refractivity contribution >= 4 is 11.6 Å². The van der Waals surface area contributed by atoms with Gasteiger partial charge in [-0.25, -0.2) is 8.78 Å². The highest BCUT2D eigenvalue weighted by atomic mass is 35.5. The van der Waals surface area contributed by atoms with E-state index in [4.69, 9.17) is 16.3 Å². The van der Waals surface area contributed by atoms with Gasteiger partial charge in [0.05, 0.1) is 5.02 Å². The molecule has 0 aliphatic rings. The van der Waals surface area contributed by atoms with Crippen molar-refractivity contribution in [1.29, 1.82) is 0 Å². The second-order valence-electron chi connectivity index (χ2n) is 6.14. The van der Waals surface area contributed by atoms with Gasteiger partial charge in [-0.15, -0.1) is 0 Å². The summed E-state index contributed by atoms with van der Waals surface area (Å²) in [5.74, 6) is -1.29. The molecule has 0 heterocycles. The zero-order valence-electron chi connectivity index (χ0n) is 14.5. The van der Waals surface area contributed by atoms with E-state index in [1.54, 1.807) is 25.2 Å². The highest BCUT2D eigenvalue weighted by Gasteiger charge is 2.19. The lowest BCUT2D eigenvalue weighted by atomic mass is 9.96. The van der Waals surface area contributed by atoms with Crippen molar-refractivity contribution in [3.05, 3.63) is 57.6 Å². The number of phenols is 1. The van der Waals surface area contributed by atoms with Crippen LogP contribution in [0, 0.1) is 11.6 Å². The van der Waals surface area contributed by atoms with Crippen molar-refractivity contribution in [2.24, 2.45) is 0 Å². The van der Waals surface area contributed by atoms with Crippen molar-refractivity contribution in [3.8, 4) is 11.5 Å². The molecule has 2 N–H and O–H groups in total. The summed E-state index contributed by atoms with van der Waals surface area (Å²) in [6.07, 6.45) is 0.123. The van der Waals surface area contributed by atoms with Gasteiger partial charge in [-0.3, -0.25) is 0 Å².